The van der Waals surface area contributed by atoms with Crippen molar-refractivity contribution in [2.75, 3.05) is 6.54 Å². The molecule has 1 aromatic carbocycles. The third kappa shape index (κ3) is 3.78. The molecule has 4 aromatic rings. The first-order valence-corrected chi connectivity index (χ1v) is 11.1. The molecule has 6 rings (SSSR count). The number of aromatic nitrogens is 5. The van der Waals surface area contributed by atoms with E-state index in [1.165, 1.54) is 6.20 Å². The second kappa shape index (κ2) is 7.52. The number of halogens is 3. The van der Waals surface area contributed by atoms with Crippen molar-refractivity contribution in [1.29, 1.82) is 0 Å². The van der Waals surface area contributed by atoms with E-state index in [0.717, 1.165) is 27.8 Å². The Bertz CT molecular complexity index is 1510. The molecule has 4 heterocycles. The van der Waals surface area contributed by atoms with Crippen molar-refractivity contribution in [3.8, 4) is 0 Å². The van der Waals surface area contributed by atoms with Gasteiger partial charge >= 0.3 is 12.2 Å². The summed E-state index contributed by atoms with van der Waals surface area (Å²) in [6.45, 7) is 0.872. The van der Waals surface area contributed by atoms with Crippen LogP contribution < -0.4 is 10.6 Å². The minimum Gasteiger partial charge on any atom is -0.337 e. The smallest absolute Gasteiger partial charge is 0.337 e. The summed E-state index contributed by atoms with van der Waals surface area (Å²) in [6, 6.07) is 5.11. The standard InChI is InChI=1S/C23H20F3N7O2/c1-11-4-12(5-19-16(11)9-29-33(19)10-23(24,25)26)13-6-14(13)15-7-18(31-32-3-2-27-20(15)32)17-8-28-22(35)30-21(17)34/h2-5,7,9,13-14,17H,6,8,10H2,1H3,(H2,28,30,34,35)/t13-,14+,17?/m1/s1. The number of hydrogen-bond acceptors (Lipinski definition) is 5. The molecule has 2 fully saturated rings. The molecule has 3 aromatic heterocycles. The lowest BCUT2D eigenvalue weighted by molar-refractivity contribution is -0.141. The van der Waals surface area contributed by atoms with E-state index in [-0.39, 0.29) is 18.4 Å². The summed E-state index contributed by atoms with van der Waals surface area (Å²) in [5.41, 5.74) is 4.36. The Hall–Kier alpha value is -3.96. The van der Waals surface area contributed by atoms with E-state index in [1.54, 1.807) is 23.0 Å². The molecule has 0 spiro atoms. The van der Waals surface area contributed by atoms with E-state index in [0.29, 0.717) is 22.2 Å². The Morgan fingerprint density at radius 2 is 2.00 bits per heavy atom. The lowest BCUT2D eigenvalue weighted by Crippen LogP contribution is -2.51. The Kier molecular flexibility index (Phi) is 4.63. The molecule has 12 heteroatoms. The number of imidazole rings is 1. The first-order valence-electron chi connectivity index (χ1n) is 11.1. The summed E-state index contributed by atoms with van der Waals surface area (Å²) in [4.78, 5) is 28.3. The molecule has 1 aliphatic carbocycles. The summed E-state index contributed by atoms with van der Waals surface area (Å²) in [5, 5.41) is 14.1. The van der Waals surface area contributed by atoms with Crippen LogP contribution in [0.5, 0.6) is 0 Å². The number of rotatable bonds is 4. The monoisotopic (exact) mass is 483 g/mol. The number of alkyl halides is 3. The number of carbonyl (C=O) groups excluding carboxylic acids is 2. The number of imide groups is 1. The van der Waals surface area contributed by atoms with Crippen LogP contribution in [0.25, 0.3) is 16.6 Å². The van der Waals surface area contributed by atoms with E-state index in [2.05, 4.69) is 25.8 Å². The van der Waals surface area contributed by atoms with Gasteiger partial charge in [0.15, 0.2) is 5.65 Å². The molecule has 3 atom stereocenters. The number of nitrogens with one attached hydrogen (secondary N) is 2. The van der Waals surface area contributed by atoms with E-state index in [4.69, 9.17) is 0 Å². The van der Waals surface area contributed by atoms with Gasteiger partial charge in [0.2, 0.25) is 5.91 Å². The average Bonchev–Trinajstić information content (AvgIpc) is 3.26. The van der Waals surface area contributed by atoms with Gasteiger partial charge in [-0.05, 0) is 48.4 Å². The number of fused-ring (bicyclic) bond motifs is 2. The lowest BCUT2D eigenvalue weighted by atomic mass is 9.98. The minimum absolute atomic E-state index is 0.0683. The highest BCUT2D eigenvalue weighted by atomic mass is 19.4. The Morgan fingerprint density at radius 3 is 2.77 bits per heavy atom. The zero-order chi connectivity index (χ0) is 24.5. The molecular weight excluding hydrogens is 463 g/mol. The summed E-state index contributed by atoms with van der Waals surface area (Å²) in [7, 11) is 0. The van der Waals surface area contributed by atoms with Crippen LogP contribution in [-0.4, -0.2) is 49.0 Å². The van der Waals surface area contributed by atoms with Gasteiger partial charge in [0.1, 0.15) is 6.54 Å². The van der Waals surface area contributed by atoms with Crippen LogP contribution in [0.3, 0.4) is 0 Å². The maximum absolute atomic E-state index is 13.0. The molecule has 2 N–H and O–H groups in total. The zero-order valence-corrected chi connectivity index (χ0v) is 18.5. The van der Waals surface area contributed by atoms with Gasteiger partial charge in [0, 0.05) is 29.9 Å². The Labute approximate surface area is 196 Å². The third-order valence-electron chi connectivity index (χ3n) is 6.72. The highest BCUT2D eigenvalue weighted by Gasteiger charge is 2.42. The SMILES string of the molecule is Cc1cc([C@H]2C[C@@H]2c2cc(C3CNC(=O)NC3=O)nn3ccnc23)cc2c1cnn2CC(F)(F)F. The topological polar surface area (TPSA) is 106 Å². The molecule has 0 bridgehead atoms. The van der Waals surface area contributed by atoms with Gasteiger partial charge in [0.05, 0.1) is 23.3 Å². The van der Waals surface area contributed by atoms with Gasteiger partial charge in [-0.25, -0.2) is 14.3 Å². The molecule has 0 radical (unpaired) electrons. The highest BCUT2D eigenvalue weighted by Crippen LogP contribution is 2.56. The van der Waals surface area contributed by atoms with Gasteiger partial charge in [-0.15, -0.1) is 0 Å². The van der Waals surface area contributed by atoms with Gasteiger partial charge in [-0.2, -0.15) is 23.4 Å². The Balaban J connectivity index is 1.36. The number of nitrogens with zero attached hydrogens (tertiary/aromatic N) is 5. The van der Waals surface area contributed by atoms with Crippen LogP contribution >= 0.6 is 0 Å². The number of benzene rings is 1. The van der Waals surface area contributed by atoms with Crippen LogP contribution in [-0.2, 0) is 11.3 Å². The van der Waals surface area contributed by atoms with Crippen LogP contribution in [0, 0.1) is 6.92 Å². The quantitative estimate of drug-likeness (QED) is 0.464. The van der Waals surface area contributed by atoms with Gasteiger partial charge < -0.3 is 5.32 Å². The number of hydrogen-bond donors (Lipinski definition) is 2. The van der Waals surface area contributed by atoms with Crippen LogP contribution in [0.1, 0.15) is 46.6 Å². The second-order valence-electron chi connectivity index (χ2n) is 9.11. The largest absolute Gasteiger partial charge is 0.408 e. The normalized spacial score (nSPS) is 22.5. The molecule has 1 unspecified atom stereocenters. The molecule has 3 amide bonds. The van der Waals surface area contributed by atoms with E-state index in [1.807, 2.05) is 19.1 Å². The number of aryl methyl sites for hydroxylation is 1. The summed E-state index contributed by atoms with van der Waals surface area (Å²) >= 11 is 0. The van der Waals surface area contributed by atoms with Crippen molar-refractivity contribution in [3.63, 3.8) is 0 Å². The fraction of sp³-hybridized carbons (Fsp3) is 0.348. The fourth-order valence-electron chi connectivity index (χ4n) is 4.97. The van der Waals surface area contributed by atoms with Crippen molar-refractivity contribution in [2.45, 2.75) is 43.8 Å². The van der Waals surface area contributed by atoms with Gasteiger partial charge in [-0.1, -0.05) is 6.07 Å². The summed E-state index contributed by atoms with van der Waals surface area (Å²) in [5.74, 6) is -0.898. The first-order chi connectivity index (χ1) is 16.7. The predicted molar refractivity (Wildman–Crippen MR) is 118 cm³/mol. The van der Waals surface area contributed by atoms with Gasteiger partial charge in [0.25, 0.3) is 0 Å². The van der Waals surface area contributed by atoms with E-state index in [9.17, 15) is 22.8 Å². The molecule has 1 aliphatic heterocycles. The molecule has 180 valence electrons. The van der Waals surface area contributed by atoms with Crippen molar-refractivity contribution in [1.82, 2.24) is 35.0 Å². The van der Waals surface area contributed by atoms with E-state index >= 15 is 0 Å². The van der Waals surface area contributed by atoms with Crippen LogP contribution in [0.4, 0.5) is 18.0 Å². The molecular formula is C23H20F3N7O2. The molecule has 35 heavy (non-hydrogen) atoms. The summed E-state index contributed by atoms with van der Waals surface area (Å²) in [6.07, 6.45) is 1.22. The Morgan fingerprint density at radius 1 is 1.17 bits per heavy atom. The lowest BCUT2D eigenvalue weighted by Gasteiger charge is -2.22. The molecule has 1 saturated carbocycles. The fourth-order valence-corrected chi connectivity index (χ4v) is 4.97. The highest BCUT2D eigenvalue weighted by molar-refractivity contribution is 6.00. The van der Waals surface area contributed by atoms with Crippen LogP contribution in [0.2, 0.25) is 0 Å². The molecule has 2 aliphatic rings. The predicted octanol–water partition coefficient (Wildman–Crippen LogP) is 3.14. The molecule has 9 nitrogen and oxygen atoms in total. The van der Waals surface area contributed by atoms with Crippen molar-refractivity contribution in [2.24, 2.45) is 0 Å². The first kappa shape index (κ1) is 21.6. The summed E-state index contributed by atoms with van der Waals surface area (Å²) < 4.78 is 41.7. The van der Waals surface area contributed by atoms with Crippen LogP contribution in [0.15, 0.2) is 36.8 Å². The van der Waals surface area contributed by atoms with Crippen molar-refractivity contribution < 1.29 is 22.8 Å². The zero-order valence-electron chi connectivity index (χ0n) is 18.5. The minimum atomic E-state index is -4.37. The number of amides is 3. The number of carbonyl (C=O) groups is 2. The average molecular weight is 483 g/mol. The maximum Gasteiger partial charge on any atom is 0.408 e. The molecule has 1 saturated heterocycles. The second-order valence-corrected chi connectivity index (χ2v) is 9.11. The number of urea groups is 1. The third-order valence-corrected chi connectivity index (χ3v) is 6.72. The van der Waals surface area contributed by atoms with Gasteiger partial charge in [-0.3, -0.25) is 14.8 Å². The van der Waals surface area contributed by atoms with E-state index < -0.39 is 30.6 Å². The van der Waals surface area contributed by atoms with Crippen molar-refractivity contribution >= 4 is 28.5 Å². The van der Waals surface area contributed by atoms with Crippen molar-refractivity contribution in [3.05, 3.63) is 59.2 Å². The maximum atomic E-state index is 13.0.